The number of fused-ring (bicyclic) bond motifs is 1. The molecule has 0 saturated heterocycles. The fourth-order valence-corrected chi connectivity index (χ4v) is 4.01. The van der Waals surface area contributed by atoms with E-state index in [4.69, 9.17) is 0 Å². The van der Waals surface area contributed by atoms with Crippen LogP contribution in [0.3, 0.4) is 0 Å². The van der Waals surface area contributed by atoms with Gasteiger partial charge in [-0.05, 0) is 50.9 Å². The summed E-state index contributed by atoms with van der Waals surface area (Å²) in [5, 5.41) is 13.2. The van der Waals surface area contributed by atoms with Crippen molar-refractivity contribution in [2.75, 3.05) is 0 Å². The minimum Gasteiger partial charge on any atom is -0.823 e. The highest BCUT2D eigenvalue weighted by Gasteiger charge is 2.40. The predicted octanol–water partition coefficient (Wildman–Crippen LogP) is 2.19. The van der Waals surface area contributed by atoms with Crippen LogP contribution in [0.1, 0.15) is 49.6 Å². The molecule has 0 aliphatic carbocycles. The molecule has 2 rings (SSSR count). The number of rotatable bonds is 4. The summed E-state index contributed by atoms with van der Waals surface area (Å²) >= 11 is 1.27. The van der Waals surface area contributed by atoms with Crippen molar-refractivity contribution in [2.45, 2.75) is 57.9 Å². The van der Waals surface area contributed by atoms with Crippen LogP contribution in [0.4, 0.5) is 0 Å². The van der Waals surface area contributed by atoms with E-state index in [1.165, 1.54) is 11.3 Å². The lowest BCUT2D eigenvalue weighted by Crippen LogP contribution is -2.51. The van der Waals surface area contributed by atoms with Gasteiger partial charge in [-0.1, -0.05) is 6.08 Å². The van der Waals surface area contributed by atoms with Crippen LogP contribution >= 0.6 is 11.3 Å². The summed E-state index contributed by atoms with van der Waals surface area (Å²) in [5.74, 6) is -0.0894. The van der Waals surface area contributed by atoms with Gasteiger partial charge in [0, 0.05) is 6.42 Å². The van der Waals surface area contributed by atoms with Crippen molar-refractivity contribution in [3.05, 3.63) is 32.8 Å². The maximum atomic E-state index is 12.2. The molecule has 19 heavy (non-hydrogen) atoms. The second-order valence-corrected chi connectivity index (χ2v) is 6.58. The topological polar surface area (TPSA) is 44.0 Å². The minimum absolute atomic E-state index is 0.0298. The zero-order valence-corrected chi connectivity index (χ0v) is 12.5. The second-order valence-electron chi connectivity index (χ2n) is 5.62. The number of hydrogen-bond acceptors (Lipinski definition) is 3. The molecule has 0 bridgehead atoms. The van der Waals surface area contributed by atoms with Gasteiger partial charge in [0.05, 0.1) is 11.0 Å². The molecule has 104 valence electrons. The Morgan fingerprint density at radius 2 is 2.32 bits per heavy atom. The smallest absolute Gasteiger partial charge is 0.246 e. The Labute approximate surface area is 118 Å². The van der Waals surface area contributed by atoms with E-state index < -0.39 is 0 Å². The third-order valence-electron chi connectivity index (χ3n) is 4.07. The summed E-state index contributed by atoms with van der Waals surface area (Å²) in [6.45, 7) is 8.32. The molecule has 0 saturated carbocycles. The van der Waals surface area contributed by atoms with Crippen molar-refractivity contribution in [3.8, 4) is 5.88 Å². The molecule has 4 heteroatoms. The Hall–Kier alpha value is -1.16. The zero-order chi connectivity index (χ0) is 14.0. The molecule has 0 aromatic carbocycles. The standard InChI is InChI=1S/C15H21NO2S/c1-4-5-6-8-15(3)9-7-10-16-12(17)11(2)13(18)19-14(15)16/h4H,1,5-10H2,2-3H3. The highest BCUT2D eigenvalue weighted by Crippen LogP contribution is 2.37. The van der Waals surface area contributed by atoms with Crippen LogP contribution in [-0.4, -0.2) is 0 Å². The van der Waals surface area contributed by atoms with E-state index in [0.29, 0.717) is 5.56 Å². The average molecular weight is 279 g/mol. The molecule has 1 aromatic heterocycles. The number of nitrogens with zero attached hydrogens (tertiary/aromatic N) is 1. The SMILES string of the molecule is C=CCCCC1(C)CCC[n+]2c1sc(=O)c(C)c2[O-]. The molecule has 2 heterocycles. The third-order valence-corrected chi connectivity index (χ3v) is 5.47. The van der Waals surface area contributed by atoms with E-state index in [0.717, 1.165) is 43.7 Å². The maximum Gasteiger partial charge on any atom is 0.246 e. The van der Waals surface area contributed by atoms with E-state index in [2.05, 4.69) is 13.5 Å². The first-order valence-electron chi connectivity index (χ1n) is 6.85. The number of allylic oxidation sites excluding steroid dienone is 1. The zero-order valence-electron chi connectivity index (χ0n) is 11.7. The van der Waals surface area contributed by atoms with E-state index in [1.807, 2.05) is 10.6 Å². The fourth-order valence-electron chi connectivity index (χ4n) is 2.86. The van der Waals surface area contributed by atoms with Gasteiger partial charge in [0.1, 0.15) is 6.54 Å². The second kappa shape index (κ2) is 5.45. The lowest BCUT2D eigenvalue weighted by atomic mass is 9.79. The number of aromatic nitrogens is 1. The van der Waals surface area contributed by atoms with Gasteiger partial charge in [0.2, 0.25) is 9.75 Å². The Bertz CT molecular complexity index is 550. The summed E-state index contributed by atoms with van der Waals surface area (Å²) in [5.41, 5.74) is 0.335. The van der Waals surface area contributed by atoms with Crippen LogP contribution in [0.2, 0.25) is 0 Å². The molecule has 1 aromatic rings. The maximum absolute atomic E-state index is 12.2. The van der Waals surface area contributed by atoms with E-state index in [-0.39, 0.29) is 16.0 Å². The van der Waals surface area contributed by atoms with Gasteiger partial charge in [0.15, 0.2) is 5.88 Å². The predicted molar refractivity (Wildman–Crippen MR) is 75.6 cm³/mol. The summed E-state index contributed by atoms with van der Waals surface area (Å²) in [6, 6.07) is 0. The molecule has 0 fully saturated rings. The van der Waals surface area contributed by atoms with E-state index in [9.17, 15) is 9.90 Å². The summed E-state index contributed by atoms with van der Waals surface area (Å²) in [7, 11) is 0. The molecule has 1 aliphatic heterocycles. The molecule has 0 amide bonds. The molecule has 0 radical (unpaired) electrons. The van der Waals surface area contributed by atoms with Crippen molar-refractivity contribution in [1.82, 2.24) is 0 Å². The van der Waals surface area contributed by atoms with Gasteiger partial charge in [0.25, 0.3) is 0 Å². The molecule has 1 unspecified atom stereocenters. The average Bonchev–Trinajstić information content (AvgIpc) is 2.38. The lowest BCUT2D eigenvalue weighted by molar-refractivity contribution is -0.747. The van der Waals surface area contributed by atoms with Gasteiger partial charge in [-0.15, -0.1) is 6.58 Å². The third kappa shape index (κ3) is 2.59. The molecule has 1 aliphatic rings. The van der Waals surface area contributed by atoms with Crippen LogP contribution in [0, 0.1) is 6.92 Å². The molecule has 0 spiro atoms. The molecular weight excluding hydrogens is 258 g/mol. The van der Waals surface area contributed by atoms with Gasteiger partial charge < -0.3 is 5.11 Å². The van der Waals surface area contributed by atoms with Crippen molar-refractivity contribution >= 4 is 11.3 Å². The highest BCUT2D eigenvalue weighted by atomic mass is 32.1. The van der Waals surface area contributed by atoms with Gasteiger partial charge >= 0.3 is 0 Å². The number of hydrogen-bond donors (Lipinski definition) is 0. The Morgan fingerprint density at radius 1 is 1.58 bits per heavy atom. The van der Waals surface area contributed by atoms with Crippen LogP contribution in [0.25, 0.3) is 0 Å². The van der Waals surface area contributed by atoms with Gasteiger partial charge in [-0.25, -0.2) is 0 Å². The van der Waals surface area contributed by atoms with Crippen molar-refractivity contribution in [2.24, 2.45) is 0 Å². The first-order valence-corrected chi connectivity index (χ1v) is 7.67. The molecule has 1 atom stereocenters. The minimum atomic E-state index is -0.0894. The molecule has 3 nitrogen and oxygen atoms in total. The first kappa shape index (κ1) is 14.3. The molecule has 0 N–H and O–H groups in total. The monoisotopic (exact) mass is 279 g/mol. The molecular formula is C15H21NO2S. The van der Waals surface area contributed by atoms with Crippen molar-refractivity contribution in [1.29, 1.82) is 0 Å². The highest BCUT2D eigenvalue weighted by molar-refractivity contribution is 7.08. The fraction of sp³-hybridized carbons (Fsp3) is 0.600. The number of unbranched alkanes of at least 4 members (excludes halogenated alkanes) is 1. The summed E-state index contributed by atoms with van der Waals surface area (Å²) < 4.78 is 1.76. The normalized spacial score (nSPS) is 22.0. The van der Waals surface area contributed by atoms with Gasteiger partial charge in [-0.2, -0.15) is 4.57 Å². The summed E-state index contributed by atoms with van der Waals surface area (Å²) in [6.07, 6.45) is 7.06. The van der Waals surface area contributed by atoms with Crippen LogP contribution < -0.4 is 14.4 Å². The van der Waals surface area contributed by atoms with Crippen LogP contribution in [0.15, 0.2) is 17.4 Å². The van der Waals surface area contributed by atoms with Crippen molar-refractivity contribution < 1.29 is 9.67 Å². The lowest BCUT2D eigenvalue weighted by Gasteiger charge is -2.31. The Balaban J connectivity index is 2.43. The van der Waals surface area contributed by atoms with E-state index in [1.54, 1.807) is 6.92 Å². The largest absolute Gasteiger partial charge is 0.823 e. The van der Waals surface area contributed by atoms with E-state index >= 15 is 0 Å². The Morgan fingerprint density at radius 3 is 3.00 bits per heavy atom. The van der Waals surface area contributed by atoms with Crippen LogP contribution in [-0.2, 0) is 12.0 Å². The quantitative estimate of drug-likeness (QED) is 0.482. The van der Waals surface area contributed by atoms with Crippen LogP contribution in [0.5, 0.6) is 5.88 Å². The first-order chi connectivity index (χ1) is 8.99. The summed E-state index contributed by atoms with van der Waals surface area (Å²) in [4.78, 5) is 11.9. The van der Waals surface area contributed by atoms with Gasteiger partial charge in [-0.3, -0.25) is 4.79 Å². The Kier molecular flexibility index (Phi) is 4.09. The van der Waals surface area contributed by atoms with Crippen molar-refractivity contribution in [3.63, 3.8) is 0 Å².